The van der Waals surface area contributed by atoms with Crippen LogP contribution in [0.1, 0.15) is 0 Å². The van der Waals surface area contributed by atoms with Gasteiger partial charge in [0.15, 0.2) is 0 Å². The summed E-state index contributed by atoms with van der Waals surface area (Å²) in [5, 5.41) is 13.0. The van der Waals surface area contributed by atoms with Crippen LogP contribution in [0.2, 0.25) is 5.02 Å². The van der Waals surface area contributed by atoms with E-state index in [4.69, 9.17) is 16.3 Å². The first-order valence-electron chi connectivity index (χ1n) is 10.2. The molecule has 1 aromatic carbocycles. The fourth-order valence-electron chi connectivity index (χ4n) is 3.11. The van der Waals surface area contributed by atoms with Crippen molar-refractivity contribution in [3.05, 3.63) is 72.5 Å². The Labute approximate surface area is 204 Å². The molecule has 3 N–H and O–H groups in total. The molecule has 0 spiro atoms. The van der Waals surface area contributed by atoms with Crippen molar-refractivity contribution >= 4 is 46.3 Å². The van der Waals surface area contributed by atoms with Crippen LogP contribution in [0.25, 0.3) is 11.1 Å². The number of hydrogen-bond acceptors (Lipinski definition) is 8. The van der Waals surface area contributed by atoms with Crippen molar-refractivity contribution in [1.82, 2.24) is 24.7 Å². The van der Waals surface area contributed by atoms with Gasteiger partial charge in [0.1, 0.15) is 16.7 Å². The summed E-state index contributed by atoms with van der Waals surface area (Å²) < 4.78 is 21.5. The van der Waals surface area contributed by atoms with Gasteiger partial charge in [-0.25, -0.2) is 14.4 Å². The lowest BCUT2D eigenvalue weighted by molar-refractivity contribution is -0.111. The highest BCUT2D eigenvalue weighted by atomic mass is 35.5. The molecule has 0 aliphatic heterocycles. The molecule has 0 fully saturated rings. The van der Waals surface area contributed by atoms with E-state index in [1.54, 1.807) is 42.6 Å². The molecule has 0 bridgehead atoms. The number of halogens is 2. The minimum Gasteiger partial charge on any atom is -0.480 e. The highest BCUT2D eigenvalue weighted by Crippen LogP contribution is 2.34. The molecular formula is C23H20ClFN8O2. The van der Waals surface area contributed by atoms with Gasteiger partial charge < -0.3 is 20.7 Å². The molecule has 4 aromatic rings. The van der Waals surface area contributed by atoms with Crippen LogP contribution in [0.3, 0.4) is 0 Å². The predicted molar refractivity (Wildman–Crippen MR) is 132 cm³/mol. The van der Waals surface area contributed by atoms with Gasteiger partial charge in [-0.1, -0.05) is 18.2 Å². The topological polar surface area (TPSA) is 119 Å². The molecule has 1 amide bonds. The highest BCUT2D eigenvalue weighted by Gasteiger charge is 2.15. The molecule has 10 nitrogen and oxygen atoms in total. The second-order valence-corrected chi connectivity index (χ2v) is 7.62. The number of anilines is 5. The maximum absolute atomic E-state index is 14.7. The second kappa shape index (κ2) is 10.2. The van der Waals surface area contributed by atoms with E-state index >= 15 is 0 Å². The minimum absolute atomic E-state index is 0.0757. The summed E-state index contributed by atoms with van der Waals surface area (Å²) in [4.78, 5) is 24.8. The number of carbonyl (C=O) groups is 1. The smallest absolute Gasteiger partial charge is 0.247 e. The third-order valence-electron chi connectivity index (χ3n) is 4.73. The van der Waals surface area contributed by atoms with Gasteiger partial charge >= 0.3 is 0 Å². The monoisotopic (exact) mass is 494 g/mol. The molecule has 0 unspecified atom stereocenters. The van der Waals surface area contributed by atoms with E-state index in [-0.39, 0.29) is 28.4 Å². The van der Waals surface area contributed by atoms with Crippen LogP contribution < -0.4 is 20.7 Å². The number of ether oxygens (including phenoxy) is 1. The van der Waals surface area contributed by atoms with Crippen LogP contribution in [0.5, 0.6) is 5.88 Å². The van der Waals surface area contributed by atoms with Gasteiger partial charge in [-0.3, -0.25) is 9.48 Å². The van der Waals surface area contributed by atoms with Crippen molar-refractivity contribution in [1.29, 1.82) is 0 Å². The first-order valence-corrected chi connectivity index (χ1v) is 10.6. The lowest BCUT2D eigenvalue weighted by atomic mass is 10.1. The third kappa shape index (κ3) is 5.53. The quantitative estimate of drug-likeness (QED) is 0.302. The van der Waals surface area contributed by atoms with E-state index < -0.39 is 11.7 Å². The predicted octanol–water partition coefficient (Wildman–Crippen LogP) is 4.68. The molecule has 3 heterocycles. The maximum atomic E-state index is 14.7. The molecule has 4 rings (SSSR count). The van der Waals surface area contributed by atoms with Gasteiger partial charge in [-0.05, 0) is 30.3 Å². The van der Waals surface area contributed by atoms with Crippen LogP contribution >= 0.6 is 11.6 Å². The molecule has 35 heavy (non-hydrogen) atoms. The van der Waals surface area contributed by atoms with Gasteiger partial charge in [0.25, 0.3) is 0 Å². The molecule has 12 heteroatoms. The number of amides is 1. The van der Waals surface area contributed by atoms with Gasteiger partial charge in [-0.15, -0.1) is 0 Å². The molecular weight excluding hydrogens is 475 g/mol. The van der Waals surface area contributed by atoms with Crippen LogP contribution in [0.15, 0.2) is 61.7 Å². The molecule has 0 saturated carbocycles. The lowest BCUT2D eigenvalue weighted by Gasteiger charge is -2.15. The Bertz CT molecular complexity index is 1410. The normalized spacial score (nSPS) is 10.5. The zero-order valence-electron chi connectivity index (χ0n) is 18.7. The summed E-state index contributed by atoms with van der Waals surface area (Å²) in [6.45, 7) is 3.42. The average Bonchev–Trinajstić information content (AvgIpc) is 3.25. The van der Waals surface area contributed by atoms with E-state index in [0.29, 0.717) is 22.5 Å². The van der Waals surface area contributed by atoms with Gasteiger partial charge in [0.2, 0.25) is 17.7 Å². The van der Waals surface area contributed by atoms with Crippen molar-refractivity contribution in [3.63, 3.8) is 0 Å². The number of benzene rings is 1. The van der Waals surface area contributed by atoms with Crippen LogP contribution in [-0.2, 0) is 11.8 Å². The molecule has 178 valence electrons. The second-order valence-electron chi connectivity index (χ2n) is 7.21. The van der Waals surface area contributed by atoms with Gasteiger partial charge in [-0.2, -0.15) is 10.1 Å². The SMILES string of the molecule is C=CC(=O)Nc1ccc(F)c(Nc2nc(Nc3cnn(C)c3)ncc2-c2cnc(OC)c(Cl)c2)c1. The highest BCUT2D eigenvalue weighted by molar-refractivity contribution is 6.32. The number of nitrogens with zero attached hydrogens (tertiary/aromatic N) is 5. The Morgan fingerprint density at radius 3 is 2.69 bits per heavy atom. The van der Waals surface area contributed by atoms with Crippen LogP contribution in [0, 0.1) is 5.82 Å². The number of pyridine rings is 1. The van der Waals surface area contributed by atoms with E-state index in [9.17, 15) is 9.18 Å². The molecule has 3 aromatic heterocycles. The molecule has 0 aliphatic rings. The van der Waals surface area contributed by atoms with Crippen molar-refractivity contribution in [3.8, 4) is 17.0 Å². The summed E-state index contributed by atoms with van der Waals surface area (Å²) in [7, 11) is 3.24. The van der Waals surface area contributed by atoms with E-state index in [2.05, 4.69) is 42.6 Å². The Morgan fingerprint density at radius 1 is 1.17 bits per heavy atom. The fraction of sp³-hybridized carbons (Fsp3) is 0.0870. The van der Waals surface area contributed by atoms with E-state index in [1.807, 2.05) is 0 Å². The zero-order chi connectivity index (χ0) is 24.9. The zero-order valence-corrected chi connectivity index (χ0v) is 19.5. The molecule has 0 saturated heterocycles. The summed E-state index contributed by atoms with van der Waals surface area (Å²) in [5.74, 6) is -0.211. The van der Waals surface area contributed by atoms with Crippen molar-refractivity contribution in [2.24, 2.45) is 7.05 Å². The molecule has 0 radical (unpaired) electrons. The lowest BCUT2D eigenvalue weighted by Crippen LogP contribution is -2.08. The first-order chi connectivity index (χ1) is 16.9. The van der Waals surface area contributed by atoms with Crippen LogP contribution in [-0.4, -0.2) is 37.7 Å². The first kappa shape index (κ1) is 23.6. The Hall–Kier alpha value is -4.51. The molecule has 0 atom stereocenters. The number of aryl methyl sites for hydroxylation is 1. The van der Waals surface area contributed by atoms with Gasteiger partial charge in [0, 0.05) is 42.5 Å². The van der Waals surface area contributed by atoms with E-state index in [1.165, 1.54) is 25.3 Å². The fourth-order valence-corrected chi connectivity index (χ4v) is 3.35. The number of hydrogen-bond donors (Lipinski definition) is 3. The Morgan fingerprint density at radius 2 is 2.00 bits per heavy atom. The third-order valence-corrected chi connectivity index (χ3v) is 5.00. The average molecular weight is 495 g/mol. The number of aromatic nitrogens is 5. The van der Waals surface area contributed by atoms with Gasteiger partial charge in [0.05, 0.1) is 24.7 Å². The number of rotatable bonds is 8. The van der Waals surface area contributed by atoms with Crippen molar-refractivity contribution in [2.75, 3.05) is 23.1 Å². The number of nitrogens with one attached hydrogen (secondary N) is 3. The molecule has 0 aliphatic carbocycles. The number of methoxy groups -OCH3 is 1. The standard InChI is InChI=1S/C23H20ClFN8O2/c1-4-20(34)29-14-5-6-18(25)19(8-14)31-21-16(13-7-17(24)22(35-3)26-9-13)11-27-23(32-21)30-15-10-28-33(2)12-15/h4-12H,1H2,2-3H3,(H,29,34)(H2,27,30,31,32). The Balaban J connectivity index is 1.75. The van der Waals surface area contributed by atoms with Crippen molar-refractivity contribution < 1.29 is 13.9 Å². The van der Waals surface area contributed by atoms with Crippen LogP contribution in [0.4, 0.5) is 33.2 Å². The summed E-state index contributed by atoms with van der Waals surface area (Å²) in [6, 6.07) is 5.74. The van der Waals surface area contributed by atoms with E-state index in [0.717, 1.165) is 6.08 Å². The Kier molecular flexibility index (Phi) is 6.88. The summed E-state index contributed by atoms with van der Waals surface area (Å²) >= 11 is 6.26. The largest absolute Gasteiger partial charge is 0.480 e. The summed E-state index contributed by atoms with van der Waals surface area (Å²) in [6.07, 6.45) is 7.58. The maximum Gasteiger partial charge on any atom is 0.247 e. The summed E-state index contributed by atoms with van der Waals surface area (Å²) in [5.41, 5.74) is 2.19. The minimum atomic E-state index is -0.557. The van der Waals surface area contributed by atoms with Crippen molar-refractivity contribution in [2.45, 2.75) is 0 Å². The number of carbonyl (C=O) groups excluding carboxylic acids is 1.